The number of rotatable bonds is 2. The molecule has 0 bridgehead atoms. The Morgan fingerprint density at radius 1 is 1.41 bits per heavy atom. The molecule has 1 N–H and O–H groups in total. The van der Waals surface area contributed by atoms with Crippen LogP contribution in [0.1, 0.15) is 20.8 Å². The maximum Gasteiger partial charge on any atom is 0.257 e. The first-order valence-corrected chi connectivity index (χ1v) is 6.68. The van der Waals surface area contributed by atoms with Crippen molar-refractivity contribution in [2.45, 2.75) is 13.8 Å². The third-order valence-corrected chi connectivity index (χ3v) is 4.04. The average molecular weight is 311 g/mol. The lowest BCUT2D eigenvalue weighted by atomic mass is 10.1. The van der Waals surface area contributed by atoms with Crippen LogP contribution >= 0.6 is 27.3 Å². The fourth-order valence-electron chi connectivity index (χ4n) is 1.43. The number of carbonyl (C=O) groups excluding carboxylic acids is 1. The summed E-state index contributed by atoms with van der Waals surface area (Å²) in [5.41, 5.74) is 1.59. The van der Waals surface area contributed by atoms with Crippen molar-refractivity contribution in [2.75, 3.05) is 5.32 Å². The largest absolute Gasteiger partial charge is 0.298 e. The molecule has 3 nitrogen and oxygen atoms in total. The Hall–Kier alpha value is -1.20. The Kier molecular flexibility index (Phi) is 3.59. The zero-order valence-electron chi connectivity index (χ0n) is 9.45. The van der Waals surface area contributed by atoms with Crippen molar-refractivity contribution in [3.05, 3.63) is 44.9 Å². The lowest BCUT2D eigenvalue weighted by Gasteiger charge is -2.06. The minimum atomic E-state index is -0.127. The summed E-state index contributed by atoms with van der Waals surface area (Å²) in [5.74, 6) is -0.127. The van der Waals surface area contributed by atoms with Gasteiger partial charge < -0.3 is 0 Å². The molecule has 88 valence electrons. The molecule has 1 heterocycles. The molecular formula is C12H11BrN2OS. The number of hydrogen-bond donors (Lipinski definition) is 1. The molecular weight excluding hydrogens is 300 g/mol. The van der Waals surface area contributed by atoms with Crippen molar-refractivity contribution in [1.29, 1.82) is 0 Å². The summed E-state index contributed by atoms with van der Waals surface area (Å²) in [6, 6.07) is 5.56. The van der Waals surface area contributed by atoms with Crippen LogP contribution in [-0.4, -0.2) is 10.9 Å². The van der Waals surface area contributed by atoms with Crippen molar-refractivity contribution < 1.29 is 4.79 Å². The SMILES string of the molecule is Cc1cnc(NC(=O)c2cccc(Br)c2C)s1. The fraction of sp³-hybridized carbons (Fsp3) is 0.167. The highest BCUT2D eigenvalue weighted by Gasteiger charge is 2.12. The number of carbonyl (C=O) groups is 1. The van der Waals surface area contributed by atoms with Crippen molar-refractivity contribution in [1.82, 2.24) is 4.98 Å². The highest BCUT2D eigenvalue weighted by molar-refractivity contribution is 9.10. The van der Waals surface area contributed by atoms with Crippen LogP contribution in [0.15, 0.2) is 28.9 Å². The summed E-state index contributed by atoms with van der Waals surface area (Å²) < 4.78 is 0.931. The van der Waals surface area contributed by atoms with E-state index in [1.807, 2.05) is 26.0 Å². The normalized spacial score (nSPS) is 10.3. The number of aromatic nitrogens is 1. The third-order valence-electron chi connectivity index (χ3n) is 2.35. The van der Waals surface area contributed by atoms with Crippen molar-refractivity contribution in [3.63, 3.8) is 0 Å². The van der Waals surface area contributed by atoms with E-state index in [1.54, 1.807) is 12.3 Å². The smallest absolute Gasteiger partial charge is 0.257 e. The quantitative estimate of drug-likeness (QED) is 0.917. The van der Waals surface area contributed by atoms with E-state index < -0.39 is 0 Å². The first-order chi connectivity index (χ1) is 8.08. The lowest BCUT2D eigenvalue weighted by molar-refractivity contribution is 0.102. The number of benzene rings is 1. The second-order valence-electron chi connectivity index (χ2n) is 3.64. The highest BCUT2D eigenvalue weighted by atomic mass is 79.9. The van der Waals surface area contributed by atoms with Gasteiger partial charge in [0.05, 0.1) is 0 Å². The Morgan fingerprint density at radius 3 is 2.82 bits per heavy atom. The molecule has 5 heteroatoms. The van der Waals surface area contributed by atoms with Gasteiger partial charge >= 0.3 is 0 Å². The first kappa shape index (κ1) is 12.3. The van der Waals surface area contributed by atoms with Gasteiger partial charge in [-0.3, -0.25) is 10.1 Å². The van der Waals surface area contributed by atoms with Crippen LogP contribution in [0, 0.1) is 13.8 Å². The number of amides is 1. The molecule has 0 aliphatic rings. The van der Waals surface area contributed by atoms with E-state index in [0.717, 1.165) is 14.9 Å². The topological polar surface area (TPSA) is 42.0 Å². The van der Waals surface area contributed by atoms with Crippen LogP contribution in [0.5, 0.6) is 0 Å². The van der Waals surface area contributed by atoms with Crippen LogP contribution in [0.4, 0.5) is 5.13 Å². The number of nitrogens with one attached hydrogen (secondary N) is 1. The van der Waals surface area contributed by atoms with Gasteiger partial charge in [-0.15, -0.1) is 11.3 Å². The maximum atomic E-state index is 12.0. The van der Waals surface area contributed by atoms with Crippen molar-refractivity contribution >= 4 is 38.3 Å². The van der Waals surface area contributed by atoms with Crippen LogP contribution in [0.2, 0.25) is 0 Å². The van der Waals surface area contributed by atoms with E-state index >= 15 is 0 Å². The number of hydrogen-bond acceptors (Lipinski definition) is 3. The summed E-state index contributed by atoms with van der Waals surface area (Å²) in [6.07, 6.45) is 1.74. The van der Waals surface area contributed by atoms with E-state index in [4.69, 9.17) is 0 Å². The summed E-state index contributed by atoms with van der Waals surface area (Å²) >= 11 is 4.88. The summed E-state index contributed by atoms with van der Waals surface area (Å²) in [4.78, 5) is 17.2. The van der Waals surface area contributed by atoms with Crippen molar-refractivity contribution in [2.24, 2.45) is 0 Å². The van der Waals surface area contributed by atoms with Crippen LogP contribution < -0.4 is 5.32 Å². The van der Waals surface area contributed by atoms with Gasteiger partial charge in [0.1, 0.15) is 0 Å². The van der Waals surface area contributed by atoms with Gasteiger partial charge in [-0.2, -0.15) is 0 Å². The molecule has 0 saturated heterocycles. The molecule has 2 rings (SSSR count). The predicted octanol–water partition coefficient (Wildman–Crippen LogP) is 3.77. The molecule has 0 fully saturated rings. The van der Waals surface area contributed by atoms with Crippen LogP contribution in [0.25, 0.3) is 0 Å². The Bertz CT molecular complexity index is 565. The summed E-state index contributed by atoms with van der Waals surface area (Å²) in [5, 5.41) is 3.43. The number of thiazole rings is 1. The number of aryl methyl sites for hydroxylation is 1. The number of nitrogens with zero attached hydrogens (tertiary/aromatic N) is 1. The van der Waals surface area contributed by atoms with E-state index in [-0.39, 0.29) is 5.91 Å². The number of anilines is 1. The monoisotopic (exact) mass is 310 g/mol. The fourth-order valence-corrected chi connectivity index (χ4v) is 2.46. The molecule has 17 heavy (non-hydrogen) atoms. The Balaban J connectivity index is 2.23. The van der Waals surface area contributed by atoms with Crippen LogP contribution in [-0.2, 0) is 0 Å². The molecule has 1 aromatic carbocycles. The zero-order chi connectivity index (χ0) is 12.4. The Morgan fingerprint density at radius 2 is 2.18 bits per heavy atom. The molecule has 1 aromatic heterocycles. The highest BCUT2D eigenvalue weighted by Crippen LogP contribution is 2.22. The van der Waals surface area contributed by atoms with Gasteiger partial charge in [-0.25, -0.2) is 4.98 Å². The summed E-state index contributed by atoms with van der Waals surface area (Å²) in [6.45, 7) is 3.86. The van der Waals surface area contributed by atoms with Crippen LogP contribution in [0.3, 0.4) is 0 Å². The molecule has 0 aliphatic heterocycles. The van der Waals surface area contributed by atoms with E-state index in [0.29, 0.717) is 10.7 Å². The lowest BCUT2D eigenvalue weighted by Crippen LogP contribution is -2.13. The van der Waals surface area contributed by atoms with Gasteiger partial charge in [0, 0.05) is 21.1 Å². The molecule has 0 spiro atoms. The Labute approximate surface area is 112 Å². The average Bonchev–Trinajstić information content (AvgIpc) is 2.68. The zero-order valence-corrected chi connectivity index (χ0v) is 11.9. The molecule has 0 saturated carbocycles. The summed E-state index contributed by atoms with van der Waals surface area (Å²) in [7, 11) is 0. The van der Waals surface area contributed by atoms with E-state index in [2.05, 4.69) is 26.2 Å². The van der Waals surface area contributed by atoms with E-state index in [1.165, 1.54) is 11.3 Å². The van der Waals surface area contributed by atoms with Gasteiger partial charge in [-0.05, 0) is 31.5 Å². The van der Waals surface area contributed by atoms with Gasteiger partial charge in [0.2, 0.25) is 0 Å². The third kappa shape index (κ3) is 2.73. The van der Waals surface area contributed by atoms with Crippen molar-refractivity contribution in [3.8, 4) is 0 Å². The molecule has 0 atom stereocenters. The molecule has 1 amide bonds. The van der Waals surface area contributed by atoms with E-state index in [9.17, 15) is 4.79 Å². The standard InChI is InChI=1S/C12H11BrN2OS/c1-7-6-14-12(17-7)15-11(16)9-4-3-5-10(13)8(9)2/h3-6H,1-2H3,(H,14,15,16). The minimum absolute atomic E-state index is 0.127. The van der Waals surface area contributed by atoms with Gasteiger partial charge in [0.15, 0.2) is 5.13 Å². The predicted molar refractivity (Wildman–Crippen MR) is 73.7 cm³/mol. The first-order valence-electron chi connectivity index (χ1n) is 5.07. The van der Waals surface area contributed by atoms with Gasteiger partial charge in [0.25, 0.3) is 5.91 Å². The molecule has 2 aromatic rings. The maximum absolute atomic E-state index is 12.0. The molecule has 0 unspecified atom stereocenters. The number of halogens is 1. The second kappa shape index (κ2) is 4.98. The van der Waals surface area contributed by atoms with Gasteiger partial charge in [-0.1, -0.05) is 22.0 Å². The molecule has 0 aliphatic carbocycles. The minimum Gasteiger partial charge on any atom is -0.298 e. The second-order valence-corrected chi connectivity index (χ2v) is 5.73. The molecule has 0 radical (unpaired) electrons.